The molecule has 198 valence electrons. The third-order valence-electron chi connectivity index (χ3n) is 6.99. The zero-order chi connectivity index (χ0) is 26.4. The minimum Gasteiger partial charge on any atom is -0.444 e. The van der Waals surface area contributed by atoms with Gasteiger partial charge in [0.15, 0.2) is 0 Å². The van der Waals surface area contributed by atoms with Crippen LogP contribution in [0.5, 0.6) is 0 Å². The van der Waals surface area contributed by atoms with Crippen LogP contribution in [0.4, 0.5) is 16.6 Å². The van der Waals surface area contributed by atoms with Gasteiger partial charge in [-0.2, -0.15) is 4.98 Å². The molecule has 0 aliphatic carbocycles. The molecule has 4 rings (SSSR count). The third-order valence-corrected chi connectivity index (χ3v) is 6.99. The number of rotatable bonds is 10. The van der Waals surface area contributed by atoms with E-state index in [0.717, 1.165) is 30.6 Å². The van der Waals surface area contributed by atoms with Crippen molar-refractivity contribution in [1.29, 1.82) is 0 Å². The van der Waals surface area contributed by atoms with E-state index in [1.165, 1.54) is 16.5 Å². The highest BCUT2D eigenvalue weighted by atomic mass is 16.6. The minimum atomic E-state index is -0.389. The maximum atomic E-state index is 12.1. The summed E-state index contributed by atoms with van der Waals surface area (Å²) in [5.74, 6) is 1.05. The summed E-state index contributed by atoms with van der Waals surface area (Å²) in [4.78, 5) is 38.8. The molecule has 1 aromatic heterocycles. The summed E-state index contributed by atoms with van der Waals surface area (Å²) in [7, 11) is 1.72. The molecule has 2 amide bonds. The molecule has 37 heavy (non-hydrogen) atoms. The van der Waals surface area contributed by atoms with E-state index in [9.17, 15) is 9.59 Å². The van der Waals surface area contributed by atoms with Crippen LogP contribution in [0.15, 0.2) is 43.1 Å². The number of piperazine rings is 1. The van der Waals surface area contributed by atoms with Crippen LogP contribution in [0.25, 0.3) is 0 Å². The van der Waals surface area contributed by atoms with Gasteiger partial charge in [-0.1, -0.05) is 30.8 Å². The number of hydrogen-bond acceptors (Lipinski definition) is 8. The van der Waals surface area contributed by atoms with Crippen molar-refractivity contribution in [3.63, 3.8) is 0 Å². The second-order valence-corrected chi connectivity index (χ2v) is 9.24. The van der Waals surface area contributed by atoms with Gasteiger partial charge in [0.25, 0.3) is 0 Å². The first-order valence-corrected chi connectivity index (χ1v) is 12.8. The number of ether oxygens (including phenoxy) is 2. The van der Waals surface area contributed by atoms with E-state index in [0.29, 0.717) is 38.0 Å². The van der Waals surface area contributed by atoms with E-state index < -0.39 is 0 Å². The molecule has 1 aromatic carbocycles. The quantitative estimate of drug-likeness (QED) is 0.487. The molecule has 2 atom stereocenters. The Morgan fingerprint density at radius 2 is 1.92 bits per heavy atom. The number of aromatic nitrogens is 2. The zero-order valence-corrected chi connectivity index (χ0v) is 21.9. The summed E-state index contributed by atoms with van der Waals surface area (Å²) < 4.78 is 10.6. The van der Waals surface area contributed by atoms with Crippen LogP contribution in [0.2, 0.25) is 0 Å². The Balaban J connectivity index is 1.44. The Morgan fingerprint density at radius 1 is 1.22 bits per heavy atom. The first kappa shape index (κ1) is 26.6. The van der Waals surface area contributed by atoms with E-state index in [2.05, 4.69) is 58.0 Å². The lowest BCUT2D eigenvalue weighted by Gasteiger charge is -2.39. The number of nitrogens with one attached hydrogen (secondary N) is 1. The average Bonchev–Trinajstić information content (AvgIpc) is 2.93. The fourth-order valence-electron chi connectivity index (χ4n) is 4.84. The van der Waals surface area contributed by atoms with Gasteiger partial charge in [0.1, 0.15) is 12.4 Å². The summed E-state index contributed by atoms with van der Waals surface area (Å²) in [6.07, 6.45) is 3.58. The number of carbonyl (C=O) groups is 2. The molecule has 10 heteroatoms. The molecule has 2 aromatic rings. The van der Waals surface area contributed by atoms with Crippen molar-refractivity contribution in [3.05, 3.63) is 59.8 Å². The minimum absolute atomic E-state index is 0.0100. The standard InChI is InChI=1S/C27H36N6O4/c1-5-24(34)32-14-12-31(13-15-32)23(11-16-36-4)21-9-7-20(8-10-21)19(3)29-26-28-17-22-18-37-27(35)33(6-2)25(22)30-26/h5,7-10,17,19,23H,1,6,11-16,18H2,2-4H3,(H,28,29,30)/t19-,23?/m0/s1. The van der Waals surface area contributed by atoms with Gasteiger partial charge >= 0.3 is 6.09 Å². The Bertz CT molecular complexity index is 1100. The SMILES string of the molecule is C=CC(=O)N1CCN(C(CCOC)c2ccc([C@H](C)Nc3ncc4c(n3)N(CC)C(=O)OC4)cc2)CC1. The van der Waals surface area contributed by atoms with Gasteiger partial charge in [-0.25, -0.2) is 9.78 Å². The van der Waals surface area contributed by atoms with Crippen molar-refractivity contribution in [2.45, 2.75) is 39.0 Å². The van der Waals surface area contributed by atoms with Gasteiger partial charge in [-0.05, 0) is 37.5 Å². The van der Waals surface area contributed by atoms with E-state index in [1.54, 1.807) is 13.3 Å². The molecule has 1 N–H and O–H groups in total. The number of fused-ring (bicyclic) bond motifs is 1. The normalized spacial score (nSPS) is 17.5. The van der Waals surface area contributed by atoms with Gasteiger partial charge < -0.3 is 19.7 Å². The molecular formula is C27H36N6O4. The highest BCUT2D eigenvalue weighted by Crippen LogP contribution is 2.29. The third kappa shape index (κ3) is 6.08. The monoisotopic (exact) mass is 508 g/mol. The van der Waals surface area contributed by atoms with Gasteiger partial charge in [-0.15, -0.1) is 0 Å². The lowest BCUT2D eigenvalue weighted by molar-refractivity contribution is -0.128. The summed E-state index contributed by atoms with van der Waals surface area (Å²) in [6.45, 7) is 11.9. The Morgan fingerprint density at radius 3 is 2.57 bits per heavy atom. The predicted octanol–water partition coefficient (Wildman–Crippen LogP) is 3.53. The highest BCUT2D eigenvalue weighted by Gasteiger charge is 2.28. The van der Waals surface area contributed by atoms with Crippen LogP contribution >= 0.6 is 0 Å². The van der Waals surface area contributed by atoms with E-state index in [-0.39, 0.29) is 30.7 Å². The lowest BCUT2D eigenvalue weighted by Crippen LogP contribution is -2.49. The molecule has 1 fully saturated rings. The molecular weight excluding hydrogens is 472 g/mol. The first-order valence-electron chi connectivity index (χ1n) is 12.8. The van der Waals surface area contributed by atoms with Crippen LogP contribution in [-0.2, 0) is 20.9 Å². The number of benzene rings is 1. The molecule has 10 nitrogen and oxygen atoms in total. The van der Waals surface area contributed by atoms with Crippen LogP contribution in [-0.4, -0.2) is 78.2 Å². The van der Waals surface area contributed by atoms with Crippen LogP contribution < -0.4 is 10.2 Å². The largest absolute Gasteiger partial charge is 0.444 e. The maximum Gasteiger partial charge on any atom is 0.415 e. The molecule has 0 spiro atoms. The van der Waals surface area contributed by atoms with Gasteiger partial charge in [-0.3, -0.25) is 14.6 Å². The number of cyclic esters (lactones) is 1. The van der Waals surface area contributed by atoms with Crippen LogP contribution in [0, 0.1) is 0 Å². The Kier molecular flexibility index (Phi) is 8.73. The van der Waals surface area contributed by atoms with Crippen LogP contribution in [0.1, 0.15) is 49.0 Å². The van der Waals surface area contributed by atoms with Crippen LogP contribution in [0.3, 0.4) is 0 Å². The molecule has 0 bridgehead atoms. The molecule has 1 unspecified atom stereocenters. The van der Waals surface area contributed by atoms with Crippen molar-refractivity contribution >= 4 is 23.8 Å². The first-order chi connectivity index (χ1) is 17.9. The fourth-order valence-corrected chi connectivity index (χ4v) is 4.84. The zero-order valence-electron chi connectivity index (χ0n) is 21.9. The molecule has 2 aliphatic heterocycles. The number of hydrogen-bond donors (Lipinski definition) is 1. The number of carbonyl (C=O) groups excluding carboxylic acids is 2. The van der Waals surface area contributed by atoms with E-state index in [1.807, 2.05) is 11.8 Å². The average molecular weight is 509 g/mol. The van der Waals surface area contributed by atoms with Crippen molar-refractivity contribution in [2.75, 3.05) is 56.7 Å². The topological polar surface area (TPSA) is 100 Å². The maximum absolute atomic E-state index is 12.1. The number of amides is 2. The summed E-state index contributed by atoms with van der Waals surface area (Å²) in [6, 6.07) is 8.75. The van der Waals surface area contributed by atoms with Crippen molar-refractivity contribution in [1.82, 2.24) is 19.8 Å². The molecule has 1 saturated heterocycles. The summed E-state index contributed by atoms with van der Waals surface area (Å²) >= 11 is 0. The molecule has 3 heterocycles. The summed E-state index contributed by atoms with van der Waals surface area (Å²) in [5, 5.41) is 3.36. The van der Waals surface area contributed by atoms with E-state index in [4.69, 9.17) is 9.47 Å². The molecule has 0 radical (unpaired) electrons. The fraction of sp³-hybridized carbons (Fsp3) is 0.481. The lowest BCUT2D eigenvalue weighted by atomic mass is 9.98. The highest BCUT2D eigenvalue weighted by molar-refractivity contribution is 5.89. The Hall–Kier alpha value is -3.50. The van der Waals surface area contributed by atoms with Gasteiger partial charge in [0.2, 0.25) is 11.9 Å². The van der Waals surface area contributed by atoms with Gasteiger partial charge in [0, 0.05) is 58.7 Å². The Labute approximate surface area is 218 Å². The van der Waals surface area contributed by atoms with E-state index >= 15 is 0 Å². The van der Waals surface area contributed by atoms with Crippen molar-refractivity contribution in [3.8, 4) is 0 Å². The number of methoxy groups -OCH3 is 1. The predicted molar refractivity (Wildman–Crippen MR) is 141 cm³/mol. The second-order valence-electron chi connectivity index (χ2n) is 9.24. The van der Waals surface area contributed by atoms with Crippen molar-refractivity contribution in [2.24, 2.45) is 0 Å². The number of anilines is 2. The number of nitrogens with zero attached hydrogens (tertiary/aromatic N) is 5. The second kappa shape index (κ2) is 12.2. The molecule has 0 saturated carbocycles. The smallest absolute Gasteiger partial charge is 0.415 e. The molecule has 2 aliphatic rings. The van der Waals surface area contributed by atoms with Gasteiger partial charge in [0.05, 0.1) is 11.6 Å². The summed E-state index contributed by atoms with van der Waals surface area (Å²) in [5.41, 5.74) is 3.11. The van der Waals surface area contributed by atoms with Crippen molar-refractivity contribution < 1.29 is 19.1 Å².